The van der Waals surface area contributed by atoms with Crippen LogP contribution >= 0.6 is 0 Å². The van der Waals surface area contributed by atoms with Crippen LogP contribution in [0.25, 0.3) is 10.8 Å². The van der Waals surface area contributed by atoms with Crippen molar-refractivity contribution >= 4 is 49.9 Å². The highest BCUT2D eigenvalue weighted by Crippen LogP contribution is 2.33. The molecule has 0 saturated heterocycles. The van der Waals surface area contributed by atoms with E-state index in [0.29, 0.717) is 54.4 Å². The summed E-state index contributed by atoms with van der Waals surface area (Å²) < 4.78 is 35.4. The van der Waals surface area contributed by atoms with Crippen molar-refractivity contribution < 1.29 is 22.7 Å². The summed E-state index contributed by atoms with van der Waals surface area (Å²) in [7, 11) is -2.66. The number of aryl methyl sites for hydroxylation is 3. The number of nitrogens with two attached hydrogens (primary N) is 1. The minimum Gasteiger partial charge on any atom is -0.469 e. The van der Waals surface area contributed by atoms with Gasteiger partial charge in [0, 0.05) is 41.7 Å². The third-order valence-electron chi connectivity index (χ3n) is 7.93. The van der Waals surface area contributed by atoms with Crippen LogP contribution in [0.15, 0.2) is 83.8 Å². The SMILES string of the molecule is COC(=O)CCCc1ccc2ccccc2c1S(=O)(=O)Nc1ccc2c(c1)CCCN2C(=O)CCc1ccc(C(=N)N)cc1. The first-order valence-corrected chi connectivity index (χ1v) is 16.1. The third-order valence-corrected chi connectivity index (χ3v) is 9.45. The number of amides is 1. The molecule has 0 unspecified atom stereocenters. The van der Waals surface area contributed by atoms with Crippen LogP contribution in [0.2, 0.25) is 0 Å². The number of carbonyl (C=O) groups excluding carboxylic acids is 2. The highest BCUT2D eigenvalue weighted by molar-refractivity contribution is 7.93. The zero-order valence-electron chi connectivity index (χ0n) is 24.6. The number of nitrogens with one attached hydrogen (secondary N) is 2. The first kappa shape index (κ1) is 30.7. The Kier molecular flexibility index (Phi) is 9.29. The number of amidine groups is 1. The molecule has 228 valence electrons. The molecule has 10 heteroatoms. The number of sulfonamides is 1. The van der Waals surface area contributed by atoms with Gasteiger partial charge in [0.2, 0.25) is 5.91 Å². The molecule has 1 aliphatic rings. The van der Waals surface area contributed by atoms with E-state index in [9.17, 15) is 18.0 Å². The van der Waals surface area contributed by atoms with E-state index in [1.54, 1.807) is 29.2 Å². The lowest BCUT2D eigenvalue weighted by Crippen LogP contribution is -2.35. The van der Waals surface area contributed by atoms with E-state index < -0.39 is 10.0 Å². The quantitative estimate of drug-likeness (QED) is 0.119. The number of hydrogen-bond acceptors (Lipinski definition) is 6. The van der Waals surface area contributed by atoms with Crippen LogP contribution in [0.1, 0.15) is 47.9 Å². The number of nitrogens with zero attached hydrogens (tertiary/aromatic N) is 1. The Balaban J connectivity index is 1.35. The molecule has 1 amide bonds. The summed E-state index contributed by atoms with van der Waals surface area (Å²) in [5.74, 6) is -0.326. The van der Waals surface area contributed by atoms with Gasteiger partial charge in [-0.1, -0.05) is 60.7 Å². The Morgan fingerprint density at radius 2 is 1.75 bits per heavy atom. The summed E-state index contributed by atoms with van der Waals surface area (Å²) >= 11 is 0. The number of ether oxygens (including phenoxy) is 1. The molecule has 9 nitrogen and oxygen atoms in total. The molecule has 0 aromatic heterocycles. The van der Waals surface area contributed by atoms with Crippen LogP contribution in [-0.4, -0.2) is 39.8 Å². The first-order chi connectivity index (χ1) is 21.2. The number of rotatable bonds is 11. The van der Waals surface area contributed by atoms with Gasteiger partial charge >= 0.3 is 5.97 Å². The number of hydrogen-bond donors (Lipinski definition) is 3. The topological polar surface area (TPSA) is 143 Å². The summed E-state index contributed by atoms with van der Waals surface area (Å²) in [5, 5.41) is 8.95. The van der Waals surface area contributed by atoms with Gasteiger partial charge in [0.1, 0.15) is 5.84 Å². The molecule has 0 atom stereocenters. The molecule has 1 heterocycles. The Hall–Kier alpha value is -4.70. The fraction of sp³-hybridized carbons (Fsp3) is 0.265. The second kappa shape index (κ2) is 13.3. The van der Waals surface area contributed by atoms with Crippen molar-refractivity contribution in [3.8, 4) is 0 Å². The first-order valence-electron chi connectivity index (χ1n) is 14.6. The molecule has 0 saturated carbocycles. The molecule has 0 bridgehead atoms. The maximum Gasteiger partial charge on any atom is 0.305 e. The molecular weight excluding hydrogens is 576 g/mol. The second-order valence-corrected chi connectivity index (χ2v) is 12.5. The van der Waals surface area contributed by atoms with Gasteiger partial charge in [0.05, 0.1) is 12.0 Å². The Morgan fingerprint density at radius 3 is 2.50 bits per heavy atom. The number of methoxy groups -OCH3 is 1. The maximum absolute atomic E-state index is 13.9. The van der Waals surface area contributed by atoms with E-state index in [-0.39, 0.29) is 29.0 Å². The molecule has 4 aromatic carbocycles. The average molecular weight is 613 g/mol. The monoisotopic (exact) mass is 612 g/mol. The normalized spacial score (nSPS) is 12.9. The van der Waals surface area contributed by atoms with Crippen LogP contribution in [0.3, 0.4) is 0 Å². The van der Waals surface area contributed by atoms with E-state index in [1.165, 1.54) is 7.11 Å². The standard InChI is InChI=1S/C34H36N4O5S/c1-43-32(40)10-4-7-25-17-16-24-6-2-3-9-29(24)33(25)44(41,42)37-28-18-19-30-27(22-28)8-5-21-38(30)31(39)20-13-23-11-14-26(15-12-23)34(35)36/h2-3,6,9,11-12,14-19,22,37H,4-5,7-8,10,13,20-21H2,1H3,(H3,35,36). The zero-order valence-corrected chi connectivity index (χ0v) is 25.5. The lowest BCUT2D eigenvalue weighted by molar-refractivity contribution is -0.140. The Labute approximate surface area is 257 Å². The van der Waals surface area contributed by atoms with Gasteiger partial charge in [-0.05, 0) is 72.4 Å². The Bertz CT molecular complexity index is 1820. The lowest BCUT2D eigenvalue weighted by atomic mass is 10.00. The van der Waals surface area contributed by atoms with E-state index in [2.05, 4.69) is 4.72 Å². The van der Waals surface area contributed by atoms with Gasteiger partial charge in [-0.3, -0.25) is 19.7 Å². The van der Waals surface area contributed by atoms with Crippen molar-refractivity contribution in [1.82, 2.24) is 0 Å². The molecule has 0 fully saturated rings. The Morgan fingerprint density at radius 1 is 0.977 bits per heavy atom. The smallest absolute Gasteiger partial charge is 0.305 e. The number of nitrogen functional groups attached to an aromatic ring is 1. The zero-order chi connectivity index (χ0) is 31.3. The summed E-state index contributed by atoms with van der Waals surface area (Å²) in [6.45, 7) is 0.602. The minimum atomic E-state index is -4.00. The van der Waals surface area contributed by atoms with Crippen molar-refractivity contribution in [2.24, 2.45) is 5.73 Å². The van der Waals surface area contributed by atoms with Crippen molar-refractivity contribution in [3.05, 3.63) is 101 Å². The van der Waals surface area contributed by atoms with Crippen molar-refractivity contribution in [3.63, 3.8) is 0 Å². The molecule has 4 aromatic rings. The van der Waals surface area contributed by atoms with Crippen molar-refractivity contribution in [1.29, 1.82) is 5.41 Å². The van der Waals surface area contributed by atoms with Gasteiger partial charge in [0.25, 0.3) is 10.0 Å². The summed E-state index contributed by atoms with van der Waals surface area (Å²) in [4.78, 5) is 26.9. The molecular formula is C34H36N4O5S. The van der Waals surface area contributed by atoms with Crippen LogP contribution in [0, 0.1) is 5.41 Å². The number of esters is 1. The second-order valence-electron chi connectivity index (χ2n) is 10.9. The third kappa shape index (κ3) is 6.92. The maximum atomic E-state index is 13.9. The molecule has 0 spiro atoms. The highest BCUT2D eigenvalue weighted by Gasteiger charge is 2.25. The van der Waals surface area contributed by atoms with Crippen LogP contribution in [0.4, 0.5) is 11.4 Å². The summed E-state index contributed by atoms with van der Waals surface area (Å²) in [5.41, 5.74) is 9.93. The molecule has 0 radical (unpaired) electrons. The molecule has 44 heavy (non-hydrogen) atoms. The molecule has 4 N–H and O–H groups in total. The number of carbonyl (C=O) groups is 2. The molecule has 1 aliphatic heterocycles. The van der Waals surface area contributed by atoms with Crippen LogP contribution < -0.4 is 15.4 Å². The average Bonchev–Trinajstić information content (AvgIpc) is 3.02. The lowest BCUT2D eigenvalue weighted by Gasteiger charge is -2.30. The van der Waals surface area contributed by atoms with Crippen LogP contribution in [-0.2, 0) is 43.6 Å². The van der Waals surface area contributed by atoms with E-state index in [4.69, 9.17) is 15.9 Å². The highest BCUT2D eigenvalue weighted by atomic mass is 32.2. The summed E-state index contributed by atoms with van der Waals surface area (Å²) in [6.07, 6.45) is 3.45. The number of fused-ring (bicyclic) bond motifs is 2. The van der Waals surface area contributed by atoms with Gasteiger partial charge in [-0.25, -0.2) is 8.42 Å². The van der Waals surface area contributed by atoms with Crippen molar-refractivity contribution in [2.45, 2.75) is 49.8 Å². The van der Waals surface area contributed by atoms with Gasteiger partial charge in [-0.2, -0.15) is 0 Å². The minimum absolute atomic E-state index is 0.00211. The number of benzene rings is 4. The van der Waals surface area contributed by atoms with Gasteiger partial charge < -0.3 is 15.4 Å². The van der Waals surface area contributed by atoms with E-state index >= 15 is 0 Å². The van der Waals surface area contributed by atoms with Crippen LogP contribution in [0.5, 0.6) is 0 Å². The summed E-state index contributed by atoms with van der Waals surface area (Å²) in [6, 6.07) is 23.7. The predicted octanol–water partition coefficient (Wildman–Crippen LogP) is 5.33. The van der Waals surface area contributed by atoms with E-state index in [0.717, 1.165) is 35.0 Å². The largest absolute Gasteiger partial charge is 0.469 e. The molecule has 5 rings (SSSR count). The number of anilines is 2. The van der Waals surface area contributed by atoms with Gasteiger partial charge in [-0.15, -0.1) is 0 Å². The van der Waals surface area contributed by atoms with Crippen molar-refractivity contribution in [2.75, 3.05) is 23.3 Å². The fourth-order valence-corrected chi connectivity index (χ4v) is 7.22. The predicted molar refractivity (Wildman–Crippen MR) is 173 cm³/mol. The van der Waals surface area contributed by atoms with Gasteiger partial charge in [0.15, 0.2) is 0 Å². The van der Waals surface area contributed by atoms with E-state index in [1.807, 2.05) is 54.6 Å². The molecule has 0 aliphatic carbocycles. The fourth-order valence-electron chi connectivity index (χ4n) is 5.69.